The van der Waals surface area contributed by atoms with Gasteiger partial charge in [-0.15, -0.1) is 0 Å². The van der Waals surface area contributed by atoms with Crippen LogP contribution in [0.3, 0.4) is 0 Å². The largest absolute Gasteiger partial charge is 0.461 e. The van der Waals surface area contributed by atoms with E-state index in [1.165, 1.54) is 18.1 Å². The average Bonchev–Trinajstić information content (AvgIpc) is 3.56. The van der Waals surface area contributed by atoms with E-state index < -0.39 is 6.04 Å². The Hall–Kier alpha value is -3.05. The first-order valence-electron chi connectivity index (χ1n) is 11.5. The number of carbonyl (C=O) groups is 1. The van der Waals surface area contributed by atoms with Gasteiger partial charge in [-0.1, -0.05) is 11.8 Å². The van der Waals surface area contributed by atoms with Gasteiger partial charge in [0.15, 0.2) is 33.6 Å². The van der Waals surface area contributed by atoms with Gasteiger partial charge in [-0.05, 0) is 63.1 Å². The number of anilines is 1. The molecule has 0 spiro atoms. The van der Waals surface area contributed by atoms with Crippen LogP contribution in [-0.4, -0.2) is 44.4 Å². The van der Waals surface area contributed by atoms with Crippen molar-refractivity contribution in [2.45, 2.75) is 74.2 Å². The predicted molar refractivity (Wildman–Crippen MR) is 127 cm³/mol. The normalized spacial score (nSPS) is 16.3. The number of esters is 1. The number of fused-ring (bicyclic) bond motifs is 2. The van der Waals surface area contributed by atoms with Crippen LogP contribution < -0.4 is 20.9 Å². The molecule has 1 aromatic carbocycles. The van der Waals surface area contributed by atoms with E-state index in [0.29, 0.717) is 42.1 Å². The first kappa shape index (κ1) is 22.7. The van der Waals surface area contributed by atoms with Gasteiger partial charge in [0.05, 0.1) is 0 Å². The van der Waals surface area contributed by atoms with E-state index in [1.807, 2.05) is 23.6 Å². The maximum atomic E-state index is 12.4. The van der Waals surface area contributed by atoms with Gasteiger partial charge in [-0.2, -0.15) is 0 Å². The predicted octanol–water partition coefficient (Wildman–Crippen LogP) is 3.19. The highest BCUT2D eigenvalue weighted by atomic mass is 32.2. The summed E-state index contributed by atoms with van der Waals surface area (Å²) < 4.78 is 18.6. The molecular formula is C23H28N6O4S. The highest BCUT2D eigenvalue weighted by Gasteiger charge is 2.24. The van der Waals surface area contributed by atoms with E-state index in [0.717, 1.165) is 47.0 Å². The summed E-state index contributed by atoms with van der Waals surface area (Å²) in [6.45, 7) is 2.81. The average molecular weight is 485 g/mol. The minimum absolute atomic E-state index is 0.0174. The lowest BCUT2D eigenvalue weighted by molar-refractivity contribution is -0.150. The summed E-state index contributed by atoms with van der Waals surface area (Å²) >= 11 is 1.50. The van der Waals surface area contributed by atoms with Crippen LogP contribution >= 0.6 is 11.8 Å². The molecule has 1 aliphatic carbocycles. The van der Waals surface area contributed by atoms with Crippen molar-refractivity contribution in [2.24, 2.45) is 5.73 Å². The second-order valence-electron chi connectivity index (χ2n) is 8.64. The van der Waals surface area contributed by atoms with Gasteiger partial charge in [0.1, 0.15) is 18.5 Å². The van der Waals surface area contributed by atoms with Gasteiger partial charge in [0.2, 0.25) is 6.79 Å². The number of hydrogen-bond donors (Lipinski definition) is 2. The fourth-order valence-electron chi connectivity index (χ4n) is 4.29. The summed E-state index contributed by atoms with van der Waals surface area (Å²) in [7, 11) is 0. The minimum atomic E-state index is -0.651. The molecule has 1 unspecified atom stereocenters. The molecule has 1 fully saturated rings. The third-order valence-electron chi connectivity index (χ3n) is 6.18. The third-order valence-corrected chi connectivity index (χ3v) is 7.34. The fraction of sp³-hybridized carbons (Fsp3) is 0.478. The second kappa shape index (κ2) is 9.67. The van der Waals surface area contributed by atoms with E-state index in [9.17, 15) is 4.79 Å². The Kier molecular flexibility index (Phi) is 6.46. The Morgan fingerprint density at radius 3 is 2.82 bits per heavy atom. The summed E-state index contributed by atoms with van der Waals surface area (Å²) in [5, 5.41) is 0.728. The number of nitrogens with zero attached hydrogens (tertiary/aromatic N) is 4. The van der Waals surface area contributed by atoms with Crippen molar-refractivity contribution in [2.75, 3.05) is 12.5 Å². The maximum Gasteiger partial charge on any atom is 0.323 e. The molecule has 11 heteroatoms. The summed E-state index contributed by atoms with van der Waals surface area (Å²) in [6, 6.07) is 3.26. The lowest BCUT2D eigenvalue weighted by Gasteiger charge is -2.16. The number of ether oxygens (including phenoxy) is 3. The Bertz CT molecular complexity index is 1210. The molecule has 0 bridgehead atoms. The second-order valence-corrected chi connectivity index (χ2v) is 9.65. The van der Waals surface area contributed by atoms with Gasteiger partial charge in [0.25, 0.3) is 0 Å². The van der Waals surface area contributed by atoms with Gasteiger partial charge in [-0.3, -0.25) is 4.79 Å². The van der Waals surface area contributed by atoms with Gasteiger partial charge in [-0.25, -0.2) is 15.0 Å². The maximum absolute atomic E-state index is 12.4. The van der Waals surface area contributed by atoms with E-state index in [1.54, 1.807) is 0 Å². The number of carbonyl (C=O) groups excluding carboxylic acids is 1. The van der Waals surface area contributed by atoms with Crippen molar-refractivity contribution in [3.05, 3.63) is 24.0 Å². The van der Waals surface area contributed by atoms with E-state index >= 15 is 0 Å². The molecule has 4 N–H and O–H groups in total. The van der Waals surface area contributed by atoms with Gasteiger partial charge in [0, 0.05) is 11.4 Å². The van der Waals surface area contributed by atoms with E-state index in [2.05, 4.69) is 9.97 Å². The highest BCUT2D eigenvalue weighted by Crippen LogP contribution is 2.41. The molecule has 10 nitrogen and oxygen atoms in total. The van der Waals surface area contributed by atoms with Crippen LogP contribution in [0.2, 0.25) is 0 Å². The summed E-state index contributed by atoms with van der Waals surface area (Å²) in [4.78, 5) is 26.6. The molecule has 180 valence electrons. The molecule has 5 rings (SSSR count). The third kappa shape index (κ3) is 4.62. The number of aryl methyl sites for hydroxylation is 2. The molecule has 2 aliphatic rings. The SMILES string of the molecule is Cc1cc2c(cc1Sc1nc3c(N)ncnc3n1CCCC(N)C(=O)OC1CCCC1)OCO2. The summed E-state index contributed by atoms with van der Waals surface area (Å²) in [6.07, 6.45) is 6.68. The molecule has 1 saturated carbocycles. The molecule has 34 heavy (non-hydrogen) atoms. The number of aromatic nitrogens is 4. The lowest BCUT2D eigenvalue weighted by Crippen LogP contribution is -2.34. The number of imidazole rings is 1. The molecule has 0 radical (unpaired) electrons. The van der Waals surface area contributed by atoms with Crippen LogP contribution in [0.4, 0.5) is 5.82 Å². The Balaban J connectivity index is 1.33. The molecule has 0 saturated heterocycles. The van der Waals surface area contributed by atoms with Crippen LogP contribution in [0.5, 0.6) is 11.5 Å². The number of nitrogens with two attached hydrogens (primary N) is 2. The smallest absolute Gasteiger partial charge is 0.323 e. The summed E-state index contributed by atoms with van der Waals surface area (Å²) in [5.74, 6) is 1.45. The van der Waals surface area contributed by atoms with Crippen molar-refractivity contribution in [1.82, 2.24) is 19.5 Å². The van der Waals surface area contributed by atoms with Crippen molar-refractivity contribution in [3.8, 4) is 11.5 Å². The molecule has 1 aliphatic heterocycles. The van der Waals surface area contributed by atoms with Crippen molar-refractivity contribution in [3.63, 3.8) is 0 Å². The molecular weight excluding hydrogens is 456 g/mol. The monoisotopic (exact) mass is 484 g/mol. The molecule has 2 aromatic heterocycles. The lowest BCUT2D eigenvalue weighted by atomic mass is 10.1. The standard InChI is InChI=1S/C23H28N6O4S/c1-13-9-16-17(32-12-31-16)10-18(13)34-23-28-19-20(25)26-11-27-21(19)29(23)8-4-7-15(24)22(30)33-14-5-2-3-6-14/h9-11,14-15H,2-8,12,24H2,1H3,(H2,25,26,27). The first-order chi connectivity index (χ1) is 16.5. The van der Waals surface area contributed by atoms with Crippen LogP contribution in [0.15, 0.2) is 28.5 Å². The highest BCUT2D eigenvalue weighted by molar-refractivity contribution is 7.99. The molecule has 3 heterocycles. The molecule has 3 aromatic rings. The number of hydrogen-bond acceptors (Lipinski definition) is 10. The van der Waals surface area contributed by atoms with Crippen LogP contribution in [-0.2, 0) is 16.1 Å². The van der Waals surface area contributed by atoms with Crippen LogP contribution in [0.25, 0.3) is 11.2 Å². The Morgan fingerprint density at radius 1 is 1.26 bits per heavy atom. The number of benzene rings is 1. The summed E-state index contributed by atoms with van der Waals surface area (Å²) in [5.41, 5.74) is 14.4. The molecule has 0 amide bonds. The topological polar surface area (TPSA) is 140 Å². The zero-order chi connectivity index (χ0) is 23.7. The Labute approximate surface area is 201 Å². The fourth-order valence-corrected chi connectivity index (χ4v) is 5.30. The van der Waals surface area contributed by atoms with Crippen LogP contribution in [0, 0.1) is 6.92 Å². The van der Waals surface area contributed by atoms with Crippen molar-refractivity contribution in [1.29, 1.82) is 0 Å². The number of nitrogen functional groups attached to an aromatic ring is 1. The first-order valence-corrected chi connectivity index (χ1v) is 12.3. The van der Waals surface area contributed by atoms with E-state index in [-0.39, 0.29) is 18.9 Å². The van der Waals surface area contributed by atoms with E-state index in [4.69, 9.17) is 30.7 Å². The van der Waals surface area contributed by atoms with Crippen molar-refractivity contribution >= 4 is 34.7 Å². The minimum Gasteiger partial charge on any atom is -0.461 e. The van der Waals surface area contributed by atoms with Gasteiger partial charge < -0.3 is 30.2 Å². The zero-order valence-electron chi connectivity index (χ0n) is 19.0. The Morgan fingerprint density at radius 2 is 2.03 bits per heavy atom. The quantitative estimate of drug-likeness (QED) is 0.458. The number of rotatable bonds is 8. The van der Waals surface area contributed by atoms with Crippen molar-refractivity contribution < 1.29 is 19.0 Å². The molecule has 1 atom stereocenters. The van der Waals surface area contributed by atoms with Crippen LogP contribution in [0.1, 0.15) is 44.1 Å². The zero-order valence-corrected chi connectivity index (χ0v) is 19.8. The van der Waals surface area contributed by atoms with Gasteiger partial charge >= 0.3 is 5.97 Å².